The molecule has 4 aromatic rings. The third-order valence-corrected chi connectivity index (χ3v) is 7.07. The smallest absolute Gasteiger partial charge is 0.266 e. The number of aromatic nitrogens is 3. The number of rotatable bonds is 6. The van der Waals surface area contributed by atoms with Gasteiger partial charge in [0.15, 0.2) is 0 Å². The first-order valence-corrected chi connectivity index (χ1v) is 11.1. The molecule has 0 spiro atoms. The van der Waals surface area contributed by atoms with Crippen LogP contribution < -0.4 is 10.9 Å². The van der Waals surface area contributed by atoms with Crippen LogP contribution in [0.2, 0.25) is 0 Å². The largest absolute Gasteiger partial charge is 0.349 e. The van der Waals surface area contributed by atoms with Gasteiger partial charge < -0.3 is 5.32 Å². The van der Waals surface area contributed by atoms with E-state index in [0.717, 1.165) is 20.5 Å². The molecule has 0 radical (unpaired) electrons. The Morgan fingerprint density at radius 1 is 1.14 bits per heavy atom. The van der Waals surface area contributed by atoms with Crippen LogP contribution in [0.4, 0.5) is 0 Å². The third kappa shape index (κ3) is 3.96. The molecule has 0 atom stereocenters. The molecule has 0 aliphatic carbocycles. The summed E-state index contributed by atoms with van der Waals surface area (Å²) in [4.78, 5) is 31.5. The maximum Gasteiger partial charge on any atom is 0.266 e. The van der Waals surface area contributed by atoms with Crippen molar-refractivity contribution in [1.29, 1.82) is 0 Å². The van der Waals surface area contributed by atoms with E-state index in [1.807, 2.05) is 35.9 Å². The minimum atomic E-state index is -0.199. The van der Waals surface area contributed by atoms with Crippen molar-refractivity contribution in [2.45, 2.75) is 13.5 Å². The molecule has 1 N–H and O–H groups in total. The van der Waals surface area contributed by atoms with Crippen molar-refractivity contribution < 1.29 is 4.79 Å². The normalized spacial score (nSPS) is 10.9. The zero-order valence-electron chi connectivity index (χ0n) is 14.9. The number of hydrogen-bond donors (Lipinski definition) is 1. The van der Waals surface area contributed by atoms with Crippen molar-refractivity contribution in [3.05, 3.63) is 68.1 Å². The van der Waals surface area contributed by atoms with Crippen LogP contribution in [0.1, 0.15) is 15.4 Å². The molecule has 0 aliphatic heterocycles. The van der Waals surface area contributed by atoms with Gasteiger partial charge in [0.25, 0.3) is 11.5 Å². The predicted octanol–water partition coefficient (Wildman–Crippen LogP) is 3.90. The number of carbonyl (C=O) groups excluding carboxylic acids is 1. The molecule has 9 heteroatoms. The van der Waals surface area contributed by atoms with Crippen LogP contribution >= 0.6 is 34.0 Å². The zero-order valence-corrected chi connectivity index (χ0v) is 17.4. The van der Waals surface area contributed by atoms with Gasteiger partial charge in [-0.15, -0.1) is 34.0 Å². The van der Waals surface area contributed by atoms with Gasteiger partial charge in [0.2, 0.25) is 0 Å². The molecule has 0 bridgehead atoms. The van der Waals surface area contributed by atoms with E-state index in [1.165, 1.54) is 22.1 Å². The average molecular weight is 429 g/mol. The Labute approximate surface area is 173 Å². The molecule has 0 aliphatic rings. The highest BCUT2D eigenvalue weighted by atomic mass is 32.1. The summed E-state index contributed by atoms with van der Waals surface area (Å²) in [7, 11) is 0. The van der Waals surface area contributed by atoms with Crippen molar-refractivity contribution in [3.63, 3.8) is 0 Å². The van der Waals surface area contributed by atoms with Gasteiger partial charge in [-0.2, -0.15) is 5.10 Å². The van der Waals surface area contributed by atoms with Crippen LogP contribution in [0, 0.1) is 6.92 Å². The third-order valence-electron chi connectivity index (χ3n) is 3.98. The van der Waals surface area contributed by atoms with Gasteiger partial charge in [0, 0.05) is 12.6 Å². The van der Waals surface area contributed by atoms with Crippen molar-refractivity contribution >= 4 is 39.9 Å². The lowest BCUT2D eigenvalue weighted by atomic mass is 10.3. The Kier molecular flexibility index (Phi) is 5.47. The van der Waals surface area contributed by atoms with Gasteiger partial charge in [-0.05, 0) is 35.9 Å². The average Bonchev–Trinajstić information content (AvgIpc) is 3.45. The lowest BCUT2D eigenvalue weighted by Gasteiger charge is -2.07. The summed E-state index contributed by atoms with van der Waals surface area (Å²) in [5, 5.41) is 12.1. The number of nitrogens with zero attached hydrogens (tertiary/aromatic N) is 3. The molecule has 0 aromatic carbocycles. The number of amides is 1. The summed E-state index contributed by atoms with van der Waals surface area (Å²) in [6.45, 7) is 2.58. The van der Waals surface area contributed by atoms with E-state index >= 15 is 0 Å². The van der Waals surface area contributed by atoms with E-state index < -0.39 is 0 Å². The van der Waals surface area contributed by atoms with Crippen molar-refractivity contribution in [2.24, 2.45) is 0 Å². The van der Waals surface area contributed by atoms with Gasteiger partial charge >= 0.3 is 0 Å². The van der Waals surface area contributed by atoms with Crippen LogP contribution in [0.5, 0.6) is 0 Å². The number of thiazole rings is 1. The second-order valence-corrected chi connectivity index (χ2v) is 8.82. The van der Waals surface area contributed by atoms with Crippen LogP contribution in [0.3, 0.4) is 0 Å². The molecule has 0 fully saturated rings. The van der Waals surface area contributed by atoms with E-state index in [0.29, 0.717) is 23.7 Å². The van der Waals surface area contributed by atoms with Crippen molar-refractivity contribution in [3.8, 4) is 20.5 Å². The SMILES string of the molecule is Cc1nc(-c2cccs2)sc1-c1ccc(=O)n(CCNC(=O)c2cccs2)n1. The molecule has 28 heavy (non-hydrogen) atoms. The van der Waals surface area contributed by atoms with Crippen molar-refractivity contribution in [1.82, 2.24) is 20.1 Å². The predicted molar refractivity (Wildman–Crippen MR) is 114 cm³/mol. The standard InChI is InChI=1S/C19H16N4O2S3/c1-12-17(28-19(21-12)15-5-3-11-27-15)13-6-7-16(24)23(22-13)9-8-20-18(25)14-4-2-10-26-14/h2-7,10-11H,8-9H2,1H3,(H,20,25). The highest BCUT2D eigenvalue weighted by Gasteiger charge is 2.14. The number of nitrogens with one attached hydrogen (secondary N) is 1. The fourth-order valence-corrected chi connectivity index (χ4v) is 5.11. The molecular formula is C19H16N4O2S3. The van der Waals surface area contributed by atoms with Crippen LogP contribution in [-0.4, -0.2) is 27.2 Å². The van der Waals surface area contributed by atoms with E-state index in [4.69, 9.17) is 0 Å². The van der Waals surface area contributed by atoms with Gasteiger partial charge in [0.1, 0.15) is 10.7 Å². The Balaban J connectivity index is 1.51. The summed E-state index contributed by atoms with van der Waals surface area (Å²) in [5.74, 6) is -0.141. The lowest BCUT2D eigenvalue weighted by Crippen LogP contribution is -2.31. The first kappa shape index (κ1) is 18.7. The molecule has 4 aromatic heterocycles. The summed E-state index contributed by atoms with van der Waals surface area (Å²) in [5.41, 5.74) is 1.40. The Hall–Kier alpha value is -2.62. The molecular weight excluding hydrogens is 412 g/mol. The first-order chi connectivity index (χ1) is 13.6. The first-order valence-electron chi connectivity index (χ1n) is 8.53. The Bertz CT molecular complexity index is 1140. The van der Waals surface area contributed by atoms with E-state index in [1.54, 1.807) is 34.8 Å². The summed E-state index contributed by atoms with van der Waals surface area (Å²) < 4.78 is 1.38. The molecule has 1 amide bonds. The highest BCUT2D eigenvalue weighted by Crippen LogP contribution is 2.35. The Morgan fingerprint density at radius 3 is 2.71 bits per heavy atom. The van der Waals surface area contributed by atoms with E-state index in [-0.39, 0.29) is 11.5 Å². The van der Waals surface area contributed by atoms with Crippen LogP contribution in [-0.2, 0) is 6.54 Å². The van der Waals surface area contributed by atoms with E-state index in [2.05, 4.69) is 15.4 Å². The molecule has 0 unspecified atom stereocenters. The summed E-state index contributed by atoms with van der Waals surface area (Å²) in [6, 6.07) is 10.9. The summed E-state index contributed by atoms with van der Waals surface area (Å²) in [6.07, 6.45) is 0. The van der Waals surface area contributed by atoms with E-state index in [9.17, 15) is 9.59 Å². The number of thiophene rings is 2. The number of aryl methyl sites for hydroxylation is 1. The molecule has 0 saturated carbocycles. The van der Waals surface area contributed by atoms with Gasteiger partial charge in [-0.3, -0.25) is 9.59 Å². The zero-order chi connectivity index (χ0) is 19.5. The number of hydrogen-bond acceptors (Lipinski definition) is 7. The Morgan fingerprint density at radius 2 is 1.96 bits per heavy atom. The minimum Gasteiger partial charge on any atom is -0.349 e. The topological polar surface area (TPSA) is 76.9 Å². The second-order valence-electron chi connectivity index (χ2n) is 5.92. The summed E-state index contributed by atoms with van der Waals surface area (Å²) >= 11 is 4.59. The molecule has 6 nitrogen and oxygen atoms in total. The maximum atomic E-state index is 12.2. The highest BCUT2D eigenvalue weighted by molar-refractivity contribution is 7.23. The fraction of sp³-hybridized carbons (Fsp3) is 0.158. The van der Waals surface area contributed by atoms with Gasteiger partial charge in [-0.1, -0.05) is 12.1 Å². The fourth-order valence-electron chi connectivity index (χ4n) is 2.64. The van der Waals surface area contributed by atoms with Crippen LogP contribution in [0.25, 0.3) is 20.5 Å². The minimum absolute atomic E-state index is 0.141. The molecule has 4 rings (SSSR count). The van der Waals surface area contributed by atoms with Crippen LogP contribution in [0.15, 0.2) is 52.0 Å². The van der Waals surface area contributed by atoms with Gasteiger partial charge in [-0.25, -0.2) is 9.67 Å². The maximum absolute atomic E-state index is 12.2. The quantitative estimate of drug-likeness (QED) is 0.505. The van der Waals surface area contributed by atoms with Gasteiger partial charge in [0.05, 0.1) is 26.9 Å². The van der Waals surface area contributed by atoms with Crippen molar-refractivity contribution in [2.75, 3.05) is 6.54 Å². The lowest BCUT2D eigenvalue weighted by molar-refractivity contribution is 0.0956. The number of carbonyl (C=O) groups is 1. The molecule has 4 heterocycles. The second kappa shape index (κ2) is 8.17. The monoisotopic (exact) mass is 428 g/mol. The molecule has 0 saturated heterocycles. The molecule has 142 valence electrons.